The molecule has 2 rings (SSSR count). The number of nitrogens with two attached hydrogens (primary N) is 1. The van der Waals surface area contributed by atoms with Gasteiger partial charge in [-0.3, -0.25) is 9.48 Å². The van der Waals surface area contributed by atoms with Crippen LogP contribution in [0.4, 0.5) is 11.8 Å². The quantitative estimate of drug-likeness (QED) is 0.609. The topological polar surface area (TPSA) is 102 Å². The lowest BCUT2D eigenvalue weighted by Crippen LogP contribution is -2.32. The number of hydrogen-bond donors (Lipinski definition) is 1. The molecule has 2 aromatic heterocycles. The van der Waals surface area contributed by atoms with E-state index in [9.17, 15) is 4.79 Å². The van der Waals surface area contributed by atoms with Gasteiger partial charge >= 0.3 is 0 Å². The van der Waals surface area contributed by atoms with Crippen LogP contribution in [0.25, 0.3) is 11.0 Å². The summed E-state index contributed by atoms with van der Waals surface area (Å²) in [5.41, 5.74) is 6.76. The van der Waals surface area contributed by atoms with Gasteiger partial charge in [0.15, 0.2) is 10.4 Å². The molecule has 0 spiro atoms. The summed E-state index contributed by atoms with van der Waals surface area (Å²) in [5.74, 6) is 0.738. The number of anilines is 2. The van der Waals surface area contributed by atoms with E-state index in [1.54, 1.807) is 16.6 Å². The maximum atomic E-state index is 11.3. The standard InChI is InChI=1S/C15H24BrN7O2/c1-5-25-8-6-7-21(2)15-18-11-12(23(4)20-13(11)16)14(19-15)22(3)9-10(17)24/h5-9H2,1-4H3,(H2,17,24). The maximum Gasteiger partial charge on any atom is 0.236 e. The van der Waals surface area contributed by atoms with Crippen LogP contribution >= 0.6 is 15.9 Å². The van der Waals surface area contributed by atoms with Crippen molar-refractivity contribution in [3.63, 3.8) is 0 Å². The van der Waals surface area contributed by atoms with Crippen LogP contribution in [0.5, 0.6) is 0 Å². The molecule has 2 heterocycles. The van der Waals surface area contributed by atoms with E-state index in [0.717, 1.165) is 18.5 Å². The molecule has 0 aliphatic rings. The summed E-state index contributed by atoms with van der Waals surface area (Å²) in [6.07, 6.45) is 0.867. The normalized spacial score (nSPS) is 11.1. The lowest BCUT2D eigenvalue weighted by Gasteiger charge is -2.22. The minimum absolute atomic E-state index is 0.0579. The SMILES string of the molecule is CCOCCCN(C)c1nc(N(C)CC(N)=O)c2c(n1)c(Br)nn2C. The summed E-state index contributed by atoms with van der Waals surface area (Å²) < 4.78 is 7.69. The molecule has 0 radical (unpaired) electrons. The minimum Gasteiger partial charge on any atom is -0.382 e. The number of primary amides is 1. The predicted octanol–water partition coefficient (Wildman–Crippen LogP) is 0.910. The first-order valence-electron chi connectivity index (χ1n) is 8.03. The summed E-state index contributed by atoms with van der Waals surface area (Å²) in [7, 11) is 5.51. The van der Waals surface area contributed by atoms with Crippen molar-refractivity contribution >= 4 is 44.6 Å². The lowest BCUT2D eigenvalue weighted by molar-refractivity contribution is -0.116. The highest BCUT2D eigenvalue weighted by Crippen LogP contribution is 2.29. The first-order chi connectivity index (χ1) is 11.8. The molecule has 1 amide bonds. The molecule has 25 heavy (non-hydrogen) atoms. The van der Waals surface area contributed by atoms with Gasteiger partial charge in [-0.15, -0.1) is 0 Å². The summed E-state index contributed by atoms with van der Waals surface area (Å²) in [6, 6.07) is 0. The number of ether oxygens (including phenoxy) is 1. The number of rotatable bonds is 9. The van der Waals surface area contributed by atoms with E-state index in [4.69, 9.17) is 10.5 Å². The van der Waals surface area contributed by atoms with Crippen LogP contribution in [0.3, 0.4) is 0 Å². The number of fused-ring (bicyclic) bond motifs is 1. The number of aryl methyl sites for hydroxylation is 1. The van der Waals surface area contributed by atoms with Gasteiger partial charge in [0.2, 0.25) is 11.9 Å². The van der Waals surface area contributed by atoms with E-state index in [1.807, 2.05) is 25.9 Å². The van der Waals surface area contributed by atoms with E-state index in [-0.39, 0.29) is 6.54 Å². The Balaban J connectivity index is 2.38. The third-order valence-electron chi connectivity index (χ3n) is 3.69. The van der Waals surface area contributed by atoms with Crippen molar-refractivity contribution in [2.45, 2.75) is 13.3 Å². The zero-order valence-electron chi connectivity index (χ0n) is 15.0. The molecular formula is C15H24BrN7O2. The molecule has 138 valence electrons. The second-order valence-electron chi connectivity index (χ2n) is 5.75. The number of aromatic nitrogens is 4. The Kier molecular flexibility index (Phi) is 6.54. The average molecular weight is 414 g/mol. The molecule has 0 fully saturated rings. The molecule has 0 aliphatic heterocycles. The number of carbonyl (C=O) groups is 1. The van der Waals surface area contributed by atoms with Gasteiger partial charge in [0, 0.05) is 40.9 Å². The summed E-state index contributed by atoms with van der Waals surface area (Å²) in [6.45, 7) is 4.18. The van der Waals surface area contributed by atoms with Crippen molar-refractivity contribution in [1.82, 2.24) is 19.7 Å². The molecule has 0 saturated carbocycles. The third-order valence-corrected chi connectivity index (χ3v) is 4.23. The Bertz CT molecular complexity index is 749. The molecule has 10 heteroatoms. The number of carbonyl (C=O) groups excluding carboxylic acids is 1. The molecule has 0 unspecified atom stereocenters. The van der Waals surface area contributed by atoms with Gasteiger partial charge in [-0.25, -0.2) is 4.98 Å². The van der Waals surface area contributed by atoms with Crippen molar-refractivity contribution in [2.24, 2.45) is 12.8 Å². The number of hydrogen-bond acceptors (Lipinski definition) is 7. The van der Waals surface area contributed by atoms with Crippen LogP contribution in [0.15, 0.2) is 4.60 Å². The van der Waals surface area contributed by atoms with E-state index in [1.165, 1.54) is 0 Å². The Hall–Kier alpha value is -1.94. The fourth-order valence-corrected chi connectivity index (χ4v) is 3.01. The molecule has 2 aromatic rings. The zero-order chi connectivity index (χ0) is 18.6. The van der Waals surface area contributed by atoms with Crippen molar-refractivity contribution < 1.29 is 9.53 Å². The van der Waals surface area contributed by atoms with Crippen LogP contribution in [-0.4, -0.2) is 66.1 Å². The molecule has 2 N–H and O–H groups in total. The number of nitrogens with zero attached hydrogens (tertiary/aromatic N) is 6. The van der Waals surface area contributed by atoms with Crippen LogP contribution in [0, 0.1) is 0 Å². The third kappa shape index (κ3) is 4.57. The Morgan fingerprint density at radius 3 is 2.68 bits per heavy atom. The molecular weight excluding hydrogens is 390 g/mol. The van der Waals surface area contributed by atoms with E-state index >= 15 is 0 Å². The van der Waals surface area contributed by atoms with Gasteiger partial charge in [-0.2, -0.15) is 10.1 Å². The molecule has 0 saturated heterocycles. The van der Waals surface area contributed by atoms with E-state index in [0.29, 0.717) is 35.1 Å². The minimum atomic E-state index is -0.429. The van der Waals surface area contributed by atoms with E-state index in [2.05, 4.69) is 31.0 Å². The van der Waals surface area contributed by atoms with Crippen molar-refractivity contribution in [3.8, 4) is 0 Å². The number of halogens is 1. The monoisotopic (exact) mass is 413 g/mol. The highest BCUT2D eigenvalue weighted by Gasteiger charge is 2.20. The van der Waals surface area contributed by atoms with Crippen molar-refractivity contribution in [3.05, 3.63) is 4.60 Å². The second-order valence-corrected chi connectivity index (χ2v) is 6.50. The highest BCUT2D eigenvalue weighted by atomic mass is 79.9. The van der Waals surface area contributed by atoms with Gasteiger partial charge < -0.3 is 20.3 Å². The maximum absolute atomic E-state index is 11.3. The largest absolute Gasteiger partial charge is 0.382 e. The molecule has 0 atom stereocenters. The first kappa shape index (κ1) is 19.4. The first-order valence-corrected chi connectivity index (χ1v) is 8.83. The molecule has 9 nitrogen and oxygen atoms in total. The Labute approximate surface area is 155 Å². The van der Waals surface area contributed by atoms with Crippen LogP contribution < -0.4 is 15.5 Å². The average Bonchev–Trinajstić information content (AvgIpc) is 2.84. The van der Waals surface area contributed by atoms with Crippen LogP contribution in [-0.2, 0) is 16.6 Å². The fraction of sp³-hybridized carbons (Fsp3) is 0.600. The number of amides is 1. The fourth-order valence-electron chi connectivity index (χ4n) is 2.50. The summed E-state index contributed by atoms with van der Waals surface area (Å²) >= 11 is 3.44. The van der Waals surface area contributed by atoms with Gasteiger partial charge in [-0.1, -0.05) is 0 Å². The second kappa shape index (κ2) is 8.43. The van der Waals surface area contributed by atoms with Gasteiger partial charge in [0.1, 0.15) is 11.0 Å². The molecule has 0 aliphatic carbocycles. The Morgan fingerprint density at radius 2 is 2.04 bits per heavy atom. The van der Waals surface area contributed by atoms with Crippen LogP contribution in [0.1, 0.15) is 13.3 Å². The van der Waals surface area contributed by atoms with Gasteiger partial charge in [0.05, 0.1) is 6.54 Å². The Morgan fingerprint density at radius 1 is 1.32 bits per heavy atom. The van der Waals surface area contributed by atoms with Crippen molar-refractivity contribution in [1.29, 1.82) is 0 Å². The molecule has 0 bridgehead atoms. The summed E-state index contributed by atoms with van der Waals surface area (Å²) in [4.78, 5) is 24.2. The lowest BCUT2D eigenvalue weighted by atomic mass is 10.3. The van der Waals surface area contributed by atoms with Gasteiger partial charge in [-0.05, 0) is 29.3 Å². The molecule has 0 aromatic carbocycles. The highest BCUT2D eigenvalue weighted by molar-refractivity contribution is 9.10. The van der Waals surface area contributed by atoms with Gasteiger partial charge in [0.25, 0.3) is 0 Å². The van der Waals surface area contributed by atoms with Crippen LogP contribution in [0.2, 0.25) is 0 Å². The van der Waals surface area contributed by atoms with Crippen molar-refractivity contribution in [2.75, 3.05) is 50.2 Å². The smallest absolute Gasteiger partial charge is 0.236 e. The van der Waals surface area contributed by atoms with E-state index < -0.39 is 5.91 Å². The zero-order valence-corrected chi connectivity index (χ0v) is 16.6. The summed E-state index contributed by atoms with van der Waals surface area (Å²) in [5, 5.41) is 4.35. The number of likely N-dealkylation sites (N-methyl/N-ethyl adjacent to an activating group) is 1. The predicted molar refractivity (Wildman–Crippen MR) is 101 cm³/mol.